The molecule has 1 aliphatic rings. The summed E-state index contributed by atoms with van der Waals surface area (Å²) in [5, 5.41) is 8.47. The normalized spacial score (nSPS) is 22.7. The zero-order chi connectivity index (χ0) is 10.7. The molecule has 0 saturated carbocycles. The first-order chi connectivity index (χ1) is 7.29. The second kappa shape index (κ2) is 4.77. The molecule has 1 amide bonds. The number of carbonyl (C=O) groups excluding carboxylic acids is 1. The van der Waals surface area contributed by atoms with Gasteiger partial charge in [-0.3, -0.25) is 4.79 Å². The summed E-state index contributed by atoms with van der Waals surface area (Å²) < 4.78 is 0. The van der Waals surface area contributed by atoms with Crippen molar-refractivity contribution in [2.75, 3.05) is 6.54 Å². The van der Waals surface area contributed by atoms with Crippen molar-refractivity contribution in [2.24, 2.45) is 0 Å². The van der Waals surface area contributed by atoms with Gasteiger partial charge in [0.1, 0.15) is 0 Å². The Hall–Kier alpha value is -0.870. The molecule has 1 aliphatic heterocycles. The molecule has 15 heavy (non-hydrogen) atoms. The van der Waals surface area contributed by atoms with Crippen LogP contribution in [0.3, 0.4) is 0 Å². The number of thiophene rings is 1. The molecule has 0 spiro atoms. The van der Waals surface area contributed by atoms with Crippen molar-refractivity contribution in [1.29, 1.82) is 0 Å². The molecule has 2 atom stereocenters. The minimum absolute atomic E-state index is 0.161. The van der Waals surface area contributed by atoms with Crippen LogP contribution in [-0.4, -0.2) is 18.5 Å². The maximum atomic E-state index is 11.1. The van der Waals surface area contributed by atoms with Crippen molar-refractivity contribution >= 4 is 17.2 Å². The van der Waals surface area contributed by atoms with Gasteiger partial charge in [-0.25, -0.2) is 0 Å². The second-order valence-corrected chi connectivity index (χ2v) is 4.83. The predicted octanol–water partition coefficient (Wildman–Crippen LogP) is 1.68. The molecule has 2 N–H and O–H groups in total. The molecule has 1 aromatic heterocycles. The van der Waals surface area contributed by atoms with Crippen LogP contribution < -0.4 is 10.6 Å². The van der Waals surface area contributed by atoms with E-state index in [1.54, 1.807) is 11.3 Å². The first-order valence-corrected chi connectivity index (χ1v) is 6.23. The molecule has 1 fully saturated rings. The first kappa shape index (κ1) is 10.6. The second-order valence-electron chi connectivity index (χ2n) is 3.85. The van der Waals surface area contributed by atoms with E-state index < -0.39 is 0 Å². The van der Waals surface area contributed by atoms with E-state index >= 15 is 0 Å². The third kappa shape index (κ3) is 2.58. The van der Waals surface area contributed by atoms with E-state index in [9.17, 15) is 4.79 Å². The molecule has 1 saturated heterocycles. The highest BCUT2D eigenvalue weighted by molar-refractivity contribution is 7.10. The highest BCUT2D eigenvalue weighted by Crippen LogP contribution is 2.22. The Balaban J connectivity index is 1.94. The van der Waals surface area contributed by atoms with E-state index in [2.05, 4.69) is 35.1 Å². The first-order valence-electron chi connectivity index (χ1n) is 5.35. The third-order valence-corrected chi connectivity index (χ3v) is 3.70. The fourth-order valence-electron chi connectivity index (χ4n) is 1.90. The number of hydrogen-bond acceptors (Lipinski definition) is 3. The van der Waals surface area contributed by atoms with Crippen molar-refractivity contribution in [2.45, 2.75) is 31.8 Å². The van der Waals surface area contributed by atoms with Gasteiger partial charge < -0.3 is 10.6 Å². The summed E-state index contributed by atoms with van der Waals surface area (Å²) >= 11 is 1.77. The maximum absolute atomic E-state index is 11.1. The molecule has 0 aromatic carbocycles. The topological polar surface area (TPSA) is 41.1 Å². The van der Waals surface area contributed by atoms with Crippen LogP contribution in [0, 0.1) is 0 Å². The summed E-state index contributed by atoms with van der Waals surface area (Å²) in [4.78, 5) is 12.4. The number of amides is 1. The van der Waals surface area contributed by atoms with Crippen LogP contribution in [0.1, 0.15) is 30.7 Å². The van der Waals surface area contributed by atoms with Gasteiger partial charge in [-0.15, -0.1) is 11.3 Å². The van der Waals surface area contributed by atoms with Crippen LogP contribution in [0.25, 0.3) is 0 Å². The summed E-state index contributed by atoms with van der Waals surface area (Å²) in [6.07, 6.45) is 1.67. The van der Waals surface area contributed by atoms with Crippen molar-refractivity contribution < 1.29 is 4.79 Å². The van der Waals surface area contributed by atoms with Crippen molar-refractivity contribution in [3.05, 3.63) is 22.4 Å². The minimum Gasteiger partial charge on any atom is -0.354 e. The average molecular weight is 224 g/mol. The van der Waals surface area contributed by atoms with Gasteiger partial charge in [-0.1, -0.05) is 13.0 Å². The smallest absolute Gasteiger partial charge is 0.221 e. The molecule has 0 radical (unpaired) electrons. The lowest BCUT2D eigenvalue weighted by Gasteiger charge is -2.19. The fourth-order valence-corrected chi connectivity index (χ4v) is 2.77. The SMILES string of the molecule is CCC(NC1CNC(=O)C1)c1cccs1. The molecule has 2 rings (SSSR count). The van der Waals surface area contributed by atoms with Crippen LogP contribution in [0.5, 0.6) is 0 Å². The van der Waals surface area contributed by atoms with Crippen LogP contribution in [0.4, 0.5) is 0 Å². The van der Waals surface area contributed by atoms with Gasteiger partial charge in [-0.05, 0) is 17.9 Å². The Morgan fingerprint density at radius 3 is 3.13 bits per heavy atom. The van der Waals surface area contributed by atoms with E-state index in [0.29, 0.717) is 18.5 Å². The Bertz CT molecular complexity index is 323. The van der Waals surface area contributed by atoms with E-state index in [0.717, 1.165) is 13.0 Å². The quantitative estimate of drug-likeness (QED) is 0.817. The molecule has 1 aromatic rings. The molecule has 82 valence electrons. The molecule has 2 unspecified atom stereocenters. The van der Waals surface area contributed by atoms with Crippen LogP contribution in [-0.2, 0) is 4.79 Å². The monoisotopic (exact) mass is 224 g/mol. The lowest BCUT2D eigenvalue weighted by molar-refractivity contribution is -0.119. The lowest BCUT2D eigenvalue weighted by Crippen LogP contribution is -2.33. The fraction of sp³-hybridized carbons (Fsp3) is 0.545. The highest BCUT2D eigenvalue weighted by atomic mass is 32.1. The van der Waals surface area contributed by atoms with Crippen LogP contribution >= 0.6 is 11.3 Å². The van der Waals surface area contributed by atoms with Gasteiger partial charge in [-0.2, -0.15) is 0 Å². The number of nitrogens with one attached hydrogen (secondary N) is 2. The number of rotatable bonds is 4. The summed E-state index contributed by atoms with van der Waals surface area (Å²) in [6.45, 7) is 2.93. The predicted molar refractivity (Wildman–Crippen MR) is 61.9 cm³/mol. The zero-order valence-electron chi connectivity index (χ0n) is 8.82. The molecule has 0 aliphatic carbocycles. The third-order valence-electron chi connectivity index (χ3n) is 2.71. The molecule has 0 bridgehead atoms. The van der Waals surface area contributed by atoms with Crippen molar-refractivity contribution in [1.82, 2.24) is 10.6 Å². The molecule has 4 heteroatoms. The summed E-state index contributed by atoms with van der Waals surface area (Å²) in [6, 6.07) is 4.91. The highest BCUT2D eigenvalue weighted by Gasteiger charge is 2.24. The molecular weight excluding hydrogens is 208 g/mol. The standard InChI is InChI=1S/C11H16N2OS/c1-2-9(10-4-3-5-15-10)13-8-6-11(14)12-7-8/h3-5,8-9,13H,2,6-7H2,1H3,(H,12,14). The summed E-state index contributed by atoms with van der Waals surface area (Å²) in [7, 11) is 0. The Kier molecular flexibility index (Phi) is 3.38. The van der Waals surface area contributed by atoms with E-state index in [4.69, 9.17) is 0 Å². The summed E-state index contributed by atoms with van der Waals surface area (Å²) in [5.41, 5.74) is 0. The average Bonchev–Trinajstić information content (AvgIpc) is 2.85. The minimum atomic E-state index is 0.161. The Labute approximate surface area is 93.9 Å². The number of carbonyl (C=O) groups is 1. The Morgan fingerprint density at radius 2 is 2.60 bits per heavy atom. The van der Waals surface area contributed by atoms with E-state index in [-0.39, 0.29) is 5.91 Å². The van der Waals surface area contributed by atoms with E-state index in [1.807, 2.05) is 0 Å². The van der Waals surface area contributed by atoms with Gasteiger partial charge in [0.05, 0.1) is 0 Å². The lowest BCUT2D eigenvalue weighted by atomic mass is 10.1. The van der Waals surface area contributed by atoms with Gasteiger partial charge in [0.15, 0.2) is 0 Å². The zero-order valence-corrected chi connectivity index (χ0v) is 9.64. The number of hydrogen-bond donors (Lipinski definition) is 2. The largest absolute Gasteiger partial charge is 0.354 e. The van der Waals surface area contributed by atoms with Crippen molar-refractivity contribution in [3.63, 3.8) is 0 Å². The molecule has 3 nitrogen and oxygen atoms in total. The molecule has 2 heterocycles. The van der Waals surface area contributed by atoms with Gasteiger partial charge in [0.25, 0.3) is 0 Å². The van der Waals surface area contributed by atoms with Gasteiger partial charge in [0.2, 0.25) is 5.91 Å². The van der Waals surface area contributed by atoms with Crippen LogP contribution in [0.15, 0.2) is 17.5 Å². The molecular formula is C11H16N2OS. The Morgan fingerprint density at radius 1 is 1.73 bits per heavy atom. The maximum Gasteiger partial charge on any atom is 0.221 e. The van der Waals surface area contributed by atoms with Gasteiger partial charge in [0, 0.05) is 29.9 Å². The van der Waals surface area contributed by atoms with Crippen molar-refractivity contribution in [3.8, 4) is 0 Å². The van der Waals surface area contributed by atoms with Gasteiger partial charge >= 0.3 is 0 Å². The van der Waals surface area contributed by atoms with E-state index in [1.165, 1.54) is 4.88 Å². The van der Waals surface area contributed by atoms with Crippen LogP contribution in [0.2, 0.25) is 0 Å². The summed E-state index contributed by atoms with van der Waals surface area (Å²) in [5.74, 6) is 0.161.